The minimum Gasteiger partial charge on any atom is -0.459 e. The van der Waals surface area contributed by atoms with E-state index in [-0.39, 0.29) is 17.2 Å². The highest BCUT2D eigenvalue weighted by molar-refractivity contribution is 9.10. The molecule has 3 aromatic rings. The Balaban J connectivity index is 1.84. The number of rotatable bonds is 6. The van der Waals surface area contributed by atoms with E-state index in [1.807, 2.05) is 30.3 Å². The SMILES string of the molecule is CC(C)OC(=O)c1ccsc1NC(=O)C(C#N)=Cc1cn[nH]c1-c1ccc(Br)cc1. The Kier molecular flexibility index (Phi) is 6.82. The van der Waals surface area contributed by atoms with Crippen molar-refractivity contribution in [3.8, 4) is 17.3 Å². The molecule has 0 bridgehead atoms. The first kappa shape index (κ1) is 21.5. The van der Waals surface area contributed by atoms with Gasteiger partial charge in [0.1, 0.15) is 16.6 Å². The summed E-state index contributed by atoms with van der Waals surface area (Å²) in [6, 6.07) is 11.0. The number of H-pyrrole nitrogens is 1. The van der Waals surface area contributed by atoms with Gasteiger partial charge in [0.25, 0.3) is 5.91 Å². The molecule has 30 heavy (non-hydrogen) atoms. The van der Waals surface area contributed by atoms with Gasteiger partial charge in [0, 0.05) is 15.6 Å². The highest BCUT2D eigenvalue weighted by Gasteiger charge is 2.19. The van der Waals surface area contributed by atoms with Crippen LogP contribution in [0, 0.1) is 11.3 Å². The average molecular weight is 485 g/mol. The molecule has 0 radical (unpaired) electrons. The second-order valence-electron chi connectivity index (χ2n) is 6.45. The van der Waals surface area contributed by atoms with E-state index in [1.54, 1.807) is 31.5 Å². The maximum atomic E-state index is 12.7. The van der Waals surface area contributed by atoms with Crippen molar-refractivity contribution >= 4 is 50.2 Å². The maximum Gasteiger partial charge on any atom is 0.341 e. The maximum absolute atomic E-state index is 12.7. The van der Waals surface area contributed by atoms with Gasteiger partial charge in [-0.05, 0) is 43.5 Å². The molecule has 0 spiro atoms. The highest BCUT2D eigenvalue weighted by atomic mass is 79.9. The first-order valence-corrected chi connectivity index (χ1v) is 10.6. The predicted molar refractivity (Wildman–Crippen MR) is 119 cm³/mol. The molecule has 3 rings (SSSR count). The standard InChI is InChI=1S/C21H17BrN4O3S/c1-12(2)29-21(28)17-7-8-30-20(17)25-19(27)14(10-23)9-15-11-24-26-18(15)13-3-5-16(22)6-4-13/h3-9,11-12H,1-2H3,(H,24,26)(H,25,27). The van der Waals surface area contributed by atoms with Crippen molar-refractivity contribution in [2.75, 3.05) is 5.32 Å². The average Bonchev–Trinajstić information content (AvgIpc) is 3.35. The minimum absolute atomic E-state index is 0.119. The monoisotopic (exact) mass is 484 g/mol. The first-order chi connectivity index (χ1) is 14.4. The van der Waals surface area contributed by atoms with Crippen molar-refractivity contribution in [3.05, 3.63) is 63.1 Å². The summed E-state index contributed by atoms with van der Waals surface area (Å²) >= 11 is 4.57. The van der Waals surface area contributed by atoms with Crippen molar-refractivity contribution < 1.29 is 14.3 Å². The first-order valence-electron chi connectivity index (χ1n) is 8.90. The zero-order valence-electron chi connectivity index (χ0n) is 16.1. The van der Waals surface area contributed by atoms with Gasteiger partial charge in [0.05, 0.1) is 23.6 Å². The number of aromatic nitrogens is 2. The fourth-order valence-electron chi connectivity index (χ4n) is 2.57. The lowest BCUT2D eigenvalue weighted by molar-refractivity contribution is -0.112. The Labute approximate surface area is 185 Å². The van der Waals surface area contributed by atoms with Gasteiger partial charge >= 0.3 is 5.97 Å². The Bertz CT molecular complexity index is 1140. The normalized spacial score (nSPS) is 11.2. The smallest absolute Gasteiger partial charge is 0.341 e. The minimum atomic E-state index is -0.624. The molecule has 152 valence electrons. The number of hydrogen-bond acceptors (Lipinski definition) is 6. The second kappa shape index (κ2) is 9.52. The lowest BCUT2D eigenvalue weighted by Gasteiger charge is -2.09. The van der Waals surface area contributed by atoms with Gasteiger partial charge in [-0.15, -0.1) is 11.3 Å². The van der Waals surface area contributed by atoms with Gasteiger partial charge in [0.15, 0.2) is 0 Å². The highest BCUT2D eigenvalue weighted by Crippen LogP contribution is 2.27. The fraction of sp³-hybridized carbons (Fsp3) is 0.143. The molecule has 0 unspecified atom stereocenters. The Hall–Kier alpha value is -3.22. The number of halogens is 1. The fourth-order valence-corrected chi connectivity index (χ4v) is 3.61. The van der Waals surface area contributed by atoms with E-state index in [0.29, 0.717) is 16.3 Å². The summed E-state index contributed by atoms with van der Waals surface area (Å²) in [6.07, 6.45) is 2.71. The quantitative estimate of drug-likeness (QED) is 0.290. The Morgan fingerprint density at radius 1 is 1.30 bits per heavy atom. The summed E-state index contributed by atoms with van der Waals surface area (Å²) in [5.41, 5.74) is 2.26. The molecular formula is C21H17BrN4O3S. The van der Waals surface area contributed by atoms with Crippen molar-refractivity contribution in [2.24, 2.45) is 0 Å². The number of benzene rings is 1. The van der Waals surface area contributed by atoms with Crippen LogP contribution in [-0.4, -0.2) is 28.2 Å². The van der Waals surface area contributed by atoms with Crippen molar-refractivity contribution in [2.45, 2.75) is 20.0 Å². The number of ether oxygens (including phenoxy) is 1. The number of carbonyl (C=O) groups excluding carboxylic acids is 2. The van der Waals surface area contributed by atoms with E-state index < -0.39 is 11.9 Å². The van der Waals surface area contributed by atoms with Crippen LogP contribution in [0.3, 0.4) is 0 Å². The van der Waals surface area contributed by atoms with Crippen LogP contribution in [-0.2, 0) is 9.53 Å². The van der Waals surface area contributed by atoms with Crippen molar-refractivity contribution in [1.29, 1.82) is 5.26 Å². The van der Waals surface area contributed by atoms with Crippen LogP contribution in [0.2, 0.25) is 0 Å². The zero-order valence-corrected chi connectivity index (χ0v) is 18.5. The van der Waals surface area contributed by atoms with Crippen LogP contribution in [0.25, 0.3) is 17.3 Å². The summed E-state index contributed by atoms with van der Waals surface area (Å²) in [4.78, 5) is 24.9. The lowest BCUT2D eigenvalue weighted by atomic mass is 10.1. The number of amides is 1. The number of esters is 1. The molecule has 0 saturated carbocycles. The molecule has 2 heterocycles. The summed E-state index contributed by atoms with van der Waals surface area (Å²) in [5.74, 6) is -1.15. The van der Waals surface area contributed by atoms with Crippen LogP contribution in [0.15, 0.2) is 52.0 Å². The lowest BCUT2D eigenvalue weighted by Crippen LogP contribution is -2.17. The molecule has 2 N–H and O–H groups in total. The van der Waals surface area contributed by atoms with Gasteiger partial charge in [-0.2, -0.15) is 10.4 Å². The Morgan fingerprint density at radius 2 is 2.03 bits per heavy atom. The molecular weight excluding hydrogens is 468 g/mol. The molecule has 0 atom stereocenters. The van der Waals surface area contributed by atoms with E-state index in [9.17, 15) is 14.9 Å². The van der Waals surface area contributed by atoms with Crippen molar-refractivity contribution in [3.63, 3.8) is 0 Å². The van der Waals surface area contributed by atoms with Crippen LogP contribution in [0.4, 0.5) is 5.00 Å². The van der Waals surface area contributed by atoms with Gasteiger partial charge in [-0.25, -0.2) is 4.79 Å². The van der Waals surface area contributed by atoms with Crippen LogP contribution in [0.5, 0.6) is 0 Å². The number of nitriles is 1. The molecule has 0 aliphatic carbocycles. The summed E-state index contributed by atoms with van der Waals surface area (Å²) in [5, 5.41) is 21.1. The van der Waals surface area contributed by atoms with Crippen LogP contribution < -0.4 is 5.32 Å². The number of thiophene rings is 1. The third-order valence-electron chi connectivity index (χ3n) is 3.92. The summed E-state index contributed by atoms with van der Waals surface area (Å²) < 4.78 is 6.12. The van der Waals surface area contributed by atoms with Gasteiger partial charge < -0.3 is 10.1 Å². The topological polar surface area (TPSA) is 108 Å². The molecule has 9 heteroatoms. The third kappa shape index (κ3) is 5.03. The number of nitrogens with one attached hydrogen (secondary N) is 2. The summed E-state index contributed by atoms with van der Waals surface area (Å²) in [6.45, 7) is 3.49. The number of carbonyl (C=O) groups is 2. The van der Waals surface area contributed by atoms with E-state index in [0.717, 1.165) is 10.0 Å². The Morgan fingerprint density at radius 3 is 2.70 bits per heavy atom. The second-order valence-corrected chi connectivity index (χ2v) is 8.28. The largest absolute Gasteiger partial charge is 0.459 e. The van der Waals surface area contributed by atoms with E-state index >= 15 is 0 Å². The van der Waals surface area contributed by atoms with Gasteiger partial charge in [-0.1, -0.05) is 28.1 Å². The molecule has 7 nitrogen and oxygen atoms in total. The molecule has 1 amide bonds. The number of hydrogen-bond donors (Lipinski definition) is 2. The van der Waals surface area contributed by atoms with Gasteiger partial charge in [0.2, 0.25) is 0 Å². The summed E-state index contributed by atoms with van der Waals surface area (Å²) in [7, 11) is 0. The van der Waals surface area contributed by atoms with Gasteiger partial charge in [-0.3, -0.25) is 9.89 Å². The molecule has 0 aliphatic rings. The van der Waals surface area contributed by atoms with Crippen molar-refractivity contribution in [1.82, 2.24) is 10.2 Å². The number of aromatic amines is 1. The molecule has 0 fully saturated rings. The predicted octanol–water partition coefficient (Wildman–Crippen LogP) is 5.01. The molecule has 0 aliphatic heterocycles. The van der Waals surface area contributed by atoms with E-state index in [1.165, 1.54) is 17.4 Å². The number of anilines is 1. The van der Waals surface area contributed by atoms with E-state index in [4.69, 9.17) is 4.74 Å². The van der Waals surface area contributed by atoms with E-state index in [2.05, 4.69) is 31.4 Å². The molecule has 0 saturated heterocycles. The number of nitrogens with zero attached hydrogens (tertiary/aromatic N) is 2. The zero-order chi connectivity index (χ0) is 21.7. The van der Waals surface area contributed by atoms with Crippen LogP contribution >= 0.6 is 27.3 Å². The third-order valence-corrected chi connectivity index (χ3v) is 5.28. The van der Waals surface area contributed by atoms with Crippen LogP contribution in [0.1, 0.15) is 29.8 Å². The molecule has 2 aromatic heterocycles. The molecule has 1 aromatic carbocycles.